The van der Waals surface area contributed by atoms with Gasteiger partial charge in [0.15, 0.2) is 5.11 Å². The van der Waals surface area contributed by atoms with E-state index in [4.69, 9.17) is 12.2 Å². The Bertz CT molecular complexity index is 852. The number of hydrogen-bond acceptors (Lipinski definition) is 3. The van der Waals surface area contributed by atoms with Crippen LogP contribution in [0.15, 0.2) is 42.5 Å². The molecule has 7 nitrogen and oxygen atoms in total. The Labute approximate surface area is 170 Å². The fraction of sp³-hybridized carbons (Fsp3) is 0.250. The minimum Gasteiger partial charge on any atom is -0.334 e. The minimum absolute atomic E-state index is 0.182. The molecule has 0 spiro atoms. The molecule has 0 aliphatic heterocycles. The van der Waals surface area contributed by atoms with Gasteiger partial charge >= 0.3 is 6.03 Å². The van der Waals surface area contributed by atoms with Crippen molar-refractivity contribution >= 4 is 35.0 Å². The Morgan fingerprint density at radius 1 is 0.929 bits per heavy atom. The van der Waals surface area contributed by atoms with Crippen LogP contribution in [0.5, 0.6) is 0 Å². The fourth-order valence-electron chi connectivity index (χ4n) is 2.32. The lowest BCUT2D eigenvalue weighted by Gasteiger charge is -2.14. The SMILES string of the molecule is Cc1ccc(CNC(=O)NCC(=O)NNC(=S)Nc2cccc(C)c2C)cc1. The van der Waals surface area contributed by atoms with Gasteiger partial charge in [-0.15, -0.1) is 0 Å². The molecule has 3 amide bonds. The second-order valence-corrected chi connectivity index (χ2v) is 6.80. The summed E-state index contributed by atoms with van der Waals surface area (Å²) in [5, 5.41) is 8.46. The lowest BCUT2D eigenvalue weighted by molar-refractivity contribution is -0.120. The van der Waals surface area contributed by atoms with Gasteiger partial charge < -0.3 is 16.0 Å². The van der Waals surface area contributed by atoms with E-state index in [9.17, 15) is 9.59 Å². The van der Waals surface area contributed by atoms with Crippen molar-refractivity contribution in [3.05, 3.63) is 64.7 Å². The molecule has 2 rings (SSSR count). The summed E-state index contributed by atoms with van der Waals surface area (Å²) in [5.41, 5.74) is 10.3. The topological polar surface area (TPSA) is 94.3 Å². The predicted octanol–water partition coefficient (Wildman–Crippen LogP) is 2.43. The molecular weight excluding hydrogens is 374 g/mol. The molecule has 5 N–H and O–H groups in total. The van der Waals surface area contributed by atoms with E-state index in [0.717, 1.165) is 27.9 Å². The molecule has 28 heavy (non-hydrogen) atoms. The van der Waals surface area contributed by atoms with E-state index in [0.29, 0.717) is 6.54 Å². The molecule has 0 bridgehead atoms. The van der Waals surface area contributed by atoms with Crippen LogP contribution in [0.1, 0.15) is 22.3 Å². The molecule has 0 aromatic heterocycles. The lowest BCUT2D eigenvalue weighted by atomic mass is 10.1. The smallest absolute Gasteiger partial charge is 0.315 e. The number of anilines is 1. The van der Waals surface area contributed by atoms with Gasteiger partial charge in [0.05, 0.1) is 0 Å². The van der Waals surface area contributed by atoms with Crippen LogP contribution < -0.4 is 26.8 Å². The van der Waals surface area contributed by atoms with E-state index in [1.54, 1.807) is 0 Å². The molecular formula is C20H25N5O2S. The molecule has 8 heteroatoms. The van der Waals surface area contributed by atoms with Crippen molar-refractivity contribution in [1.29, 1.82) is 0 Å². The number of carbonyl (C=O) groups excluding carboxylic acids is 2. The molecule has 148 valence electrons. The molecule has 0 unspecified atom stereocenters. The Hall–Kier alpha value is -3.13. The molecule has 0 aliphatic rings. The Morgan fingerprint density at radius 3 is 2.36 bits per heavy atom. The van der Waals surface area contributed by atoms with Gasteiger partial charge in [-0.1, -0.05) is 42.0 Å². The first-order valence-corrected chi connectivity index (χ1v) is 9.25. The second kappa shape index (κ2) is 10.3. The zero-order valence-corrected chi connectivity index (χ0v) is 17.0. The van der Waals surface area contributed by atoms with Crippen molar-refractivity contribution in [2.75, 3.05) is 11.9 Å². The normalized spacial score (nSPS) is 9.96. The zero-order chi connectivity index (χ0) is 20.5. The monoisotopic (exact) mass is 399 g/mol. The van der Waals surface area contributed by atoms with Crippen LogP contribution in [0.2, 0.25) is 0 Å². The maximum atomic E-state index is 11.8. The number of rotatable bonds is 5. The number of thiocarbonyl (C=S) groups is 1. The van der Waals surface area contributed by atoms with Gasteiger partial charge in [0, 0.05) is 12.2 Å². The average molecular weight is 400 g/mol. The van der Waals surface area contributed by atoms with Crippen LogP contribution in [0, 0.1) is 20.8 Å². The van der Waals surface area contributed by atoms with Gasteiger partial charge in [-0.3, -0.25) is 15.6 Å². The highest BCUT2D eigenvalue weighted by molar-refractivity contribution is 7.80. The Balaban J connectivity index is 1.66. The average Bonchev–Trinajstić information content (AvgIpc) is 2.68. The van der Waals surface area contributed by atoms with Crippen molar-refractivity contribution in [3.8, 4) is 0 Å². The summed E-state index contributed by atoms with van der Waals surface area (Å²) >= 11 is 5.16. The van der Waals surface area contributed by atoms with Crippen LogP contribution in [0.3, 0.4) is 0 Å². The molecule has 0 atom stereocenters. The van der Waals surface area contributed by atoms with Crippen LogP contribution in [0.25, 0.3) is 0 Å². The fourth-order valence-corrected chi connectivity index (χ4v) is 2.48. The highest BCUT2D eigenvalue weighted by atomic mass is 32.1. The van der Waals surface area contributed by atoms with Crippen LogP contribution in [-0.4, -0.2) is 23.6 Å². The van der Waals surface area contributed by atoms with E-state index in [-0.39, 0.29) is 11.7 Å². The Morgan fingerprint density at radius 2 is 1.64 bits per heavy atom. The maximum absolute atomic E-state index is 11.8. The summed E-state index contributed by atoms with van der Waals surface area (Å²) in [4.78, 5) is 23.6. The largest absolute Gasteiger partial charge is 0.334 e. The van der Waals surface area contributed by atoms with Crippen LogP contribution in [0.4, 0.5) is 10.5 Å². The highest BCUT2D eigenvalue weighted by Gasteiger charge is 2.07. The lowest BCUT2D eigenvalue weighted by Crippen LogP contribution is -2.49. The summed E-state index contributed by atoms with van der Waals surface area (Å²) in [6, 6.07) is 13.2. The van der Waals surface area contributed by atoms with Gasteiger partial charge in [-0.25, -0.2) is 4.79 Å². The van der Waals surface area contributed by atoms with Crippen LogP contribution >= 0.6 is 12.2 Å². The van der Waals surface area contributed by atoms with E-state index in [2.05, 4.69) is 26.8 Å². The number of benzene rings is 2. The van der Waals surface area contributed by atoms with Gasteiger partial charge in [0.25, 0.3) is 5.91 Å². The minimum atomic E-state index is -0.424. The third-order valence-electron chi connectivity index (χ3n) is 4.15. The molecule has 0 saturated heterocycles. The van der Waals surface area contributed by atoms with Crippen molar-refractivity contribution in [3.63, 3.8) is 0 Å². The van der Waals surface area contributed by atoms with Crippen molar-refractivity contribution in [1.82, 2.24) is 21.5 Å². The molecule has 0 saturated carbocycles. The molecule has 2 aromatic carbocycles. The third-order valence-corrected chi connectivity index (χ3v) is 4.36. The van der Waals surface area contributed by atoms with Gasteiger partial charge in [-0.05, 0) is 55.7 Å². The number of amides is 3. The summed E-state index contributed by atoms with van der Waals surface area (Å²) in [6.07, 6.45) is 0. The predicted molar refractivity (Wildman–Crippen MR) is 115 cm³/mol. The summed E-state index contributed by atoms with van der Waals surface area (Å²) in [5.74, 6) is -0.421. The molecule has 0 heterocycles. The highest BCUT2D eigenvalue weighted by Crippen LogP contribution is 2.17. The van der Waals surface area contributed by atoms with E-state index < -0.39 is 11.9 Å². The summed E-state index contributed by atoms with van der Waals surface area (Å²) in [6.45, 7) is 6.20. The third kappa shape index (κ3) is 6.88. The molecule has 2 aromatic rings. The Kier molecular flexibility index (Phi) is 7.76. The molecule has 0 radical (unpaired) electrons. The summed E-state index contributed by atoms with van der Waals surface area (Å²) < 4.78 is 0. The first-order chi connectivity index (χ1) is 13.3. The zero-order valence-electron chi connectivity index (χ0n) is 16.2. The van der Waals surface area contributed by atoms with Gasteiger partial charge in [0.2, 0.25) is 0 Å². The van der Waals surface area contributed by atoms with Crippen molar-refractivity contribution < 1.29 is 9.59 Å². The van der Waals surface area contributed by atoms with Crippen molar-refractivity contribution in [2.24, 2.45) is 0 Å². The number of nitrogens with one attached hydrogen (secondary N) is 5. The number of carbonyl (C=O) groups is 2. The maximum Gasteiger partial charge on any atom is 0.315 e. The molecule has 0 aliphatic carbocycles. The number of aryl methyl sites for hydroxylation is 2. The second-order valence-electron chi connectivity index (χ2n) is 6.40. The molecule has 0 fully saturated rings. The number of hydrogen-bond donors (Lipinski definition) is 5. The van der Waals surface area contributed by atoms with E-state index >= 15 is 0 Å². The summed E-state index contributed by atoms with van der Waals surface area (Å²) in [7, 11) is 0. The van der Waals surface area contributed by atoms with Gasteiger partial charge in [0.1, 0.15) is 6.54 Å². The first-order valence-electron chi connectivity index (χ1n) is 8.84. The number of hydrazine groups is 1. The quantitative estimate of drug-likeness (QED) is 0.393. The van der Waals surface area contributed by atoms with E-state index in [1.807, 2.05) is 63.2 Å². The van der Waals surface area contributed by atoms with E-state index in [1.165, 1.54) is 0 Å². The standard InChI is InChI=1S/C20H25N5O2S/c1-13-7-9-16(10-8-13)11-21-19(27)22-12-18(26)24-25-20(28)23-17-6-4-5-14(2)15(17)3/h4-10H,11-12H2,1-3H3,(H,24,26)(H2,21,22,27)(H2,23,25,28). The van der Waals surface area contributed by atoms with Crippen molar-refractivity contribution in [2.45, 2.75) is 27.3 Å². The van der Waals surface area contributed by atoms with Crippen LogP contribution in [-0.2, 0) is 11.3 Å². The number of urea groups is 1. The van der Waals surface area contributed by atoms with Gasteiger partial charge in [-0.2, -0.15) is 0 Å². The first kappa shape index (κ1) is 21.2.